The molecule has 0 radical (unpaired) electrons. The maximum Gasteiger partial charge on any atom is 0.295 e. The summed E-state index contributed by atoms with van der Waals surface area (Å²) in [6.45, 7) is 5.98. The smallest absolute Gasteiger partial charge is 0.295 e. The molecule has 0 bridgehead atoms. The fraction of sp³-hybridized carbons (Fsp3) is 0.273. The molecule has 0 aliphatic heterocycles. The van der Waals surface area contributed by atoms with Gasteiger partial charge in [0.05, 0.1) is 22.6 Å². The third kappa shape index (κ3) is 3.69. The van der Waals surface area contributed by atoms with Gasteiger partial charge in [-0.15, -0.1) is 5.10 Å². The van der Waals surface area contributed by atoms with E-state index in [-0.39, 0.29) is 5.56 Å². The molecule has 9 heteroatoms. The number of nitrogens with one attached hydrogen (secondary N) is 1. The Morgan fingerprint density at radius 2 is 1.74 bits per heavy atom. The fourth-order valence-corrected chi connectivity index (χ4v) is 3.84. The van der Waals surface area contributed by atoms with Crippen LogP contribution in [0.15, 0.2) is 63.9 Å². The van der Waals surface area contributed by atoms with Gasteiger partial charge in [-0.3, -0.25) is 9.48 Å². The molecule has 1 atom stereocenters. The van der Waals surface area contributed by atoms with Gasteiger partial charge >= 0.3 is 0 Å². The highest BCUT2D eigenvalue weighted by Crippen LogP contribution is 2.29. The van der Waals surface area contributed by atoms with E-state index < -0.39 is 5.54 Å². The average molecular weight is 482 g/mol. The van der Waals surface area contributed by atoms with Crippen LogP contribution in [0.5, 0.6) is 0 Å². The molecule has 1 unspecified atom stereocenters. The van der Waals surface area contributed by atoms with Gasteiger partial charge in [0, 0.05) is 11.5 Å². The van der Waals surface area contributed by atoms with Crippen LogP contribution >= 0.6 is 15.9 Å². The summed E-state index contributed by atoms with van der Waals surface area (Å²) in [4.78, 5) is 13.4. The van der Waals surface area contributed by atoms with Gasteiger partial charge in [-0.1, -0.05) is 41.1 Å². The number of tetrazole rings is 1. The summed E-state index contributed by atoms with van der Waals surface area (Å²) >= 11 is 3.46. The Morgan fingerprint density at radius 1 is 1.06 bits per heavy atom. The van der Waals surface area contributed by atoms with Crippen LogP contribution in [0.4, 0.5) is 5.69 Å². The van der Waals surface area contributed by atoms with E-state index in [1.165, 1.54) is 0 Å². The van der Waals surface area contributed by atoms with Crippen molar-refractivity contribution in [1.29, 1.82) is 0 Å². The van der Waals surface area contributed by atoms with Crippen molar-refractivity contribution in [3.63, 3.8) is 0 Å². The summed E-state index contributed by atoms with van der Waals surface area (Å²) in [5.74, 6) is 0.631. The first kappa shape index (κ1) is 21.0. The summed E-state index contributed by atoms with van der Waals surface area (Å²) in [5, 5.41) is 15.9. The second kappa shape index (κ2) is 8.14. The van der Waals surface area contributed by atoms with Crippen LogP contribution in [0.1, 0.15) is 31.8 Å². The molecule has 8 nitrogen and oxygen atoms in total. The molecule has 2 heterocycles. The van der Waals surface area contributed by atoms with Crippen LogP contribution < -0.4 is 10.9 Å². The minimum atomic E-state index is -0.670. The molecule has 4 aromatic rings. The van der Waals surface area contributed by atoms with Crippen molar-refractivity contribution in [3.8, 4) is 11.4 Å². The monoisotopic (exact) mass is 481 g/mol. The van der Waals surface area contributed by atoms with Gasteiger partial charge < -0.3 is 5.32 Å². The summed E-state index contributed by atoms with van der Waals surface area (Å²) in [7, 11) is 1.88. The summed E-state index contributed by atoms with van der Waals surface area (Å²) in [6, 6.07) is 17.4. The van der Waals surface area contributed by atoms with Crippen molar-refractivity contribution >= 4 is 21.6 Å². The topological polar surface area (TPSA) is 82.6 Å². The van der Waals surface area contributed by atoms with E-state index >= 15 is 0 Å². The average Bonchev–Trinajstić information content (AvgIpc) is 3.35. The second-order valence-electron chi connectivity index (χ2n) is 7.64. The molecule has 4 rings (SSSR count). The first-order valence-corrected chi connectivity index (χ1v) is 10.8. The first-order chi connectivity index (χ1) is 14.9. The molecular weight excluding hydrogens is 458 g/mol. The lowest BCUT2D eigenvalue weighted by molar-refractivity contribution is 0.474. The van der Waals surface area contributed by atoms with E-state index in [2.05, 4.69) is 36.8 Å². The number of rotatable bonds is 6. The Balaban J connectivity index is 1.78. The molecule has 31 heavy (non-hydrogen) atoms. The predicted octanol–water partition coefficient (Wildman–Crippen LogP) is 3.96. The minimum absolute atomic E-state index is 0.117. The Labute approximate surface area is 188 Å². The quantitative estimate of drug-likeness (QED) is 0.450. The zero-order chi connectivity index (χ0) is 22.2. The highest BCUT2D eigenvalue weighted by molar-refractivity contribution is 9.10. The molecular formula is C22H24BrN7O. The number of para-hydroxylation sites is 1. The van der Waals surface area contributed by atoms with Crippen LogP contribution in [0.3, 0.4) is 0 Å². The van der Waals surface area contributed by atoms with Crippen LogP contribution in [0.2, 0.25) is 0 Å². The molecule has 0 saturated heterocycles. The van der Waals surface area contributed by atoms with E-state index in [0.717, 1.165) is 21.5 Å². The van der Waals surface area contributed by atoms with Crippen LogP contribution in [0.25, 0.3) is 11.4 Å². The maximum absolute atomic E-state index is 13.4. The third-order valence-electron chi connectivity index (χ3n) is 5.70. The van der Waals surface area contributed by atoms with Crippen molar-refractivity contribution < 1.29 is 0 Å². The molecule has 0 aliphatic carbocycles. The summed E-state index contributed by atoms with van der Waals surface area (Å²) in [6.07, 6.45) is 0.670. The Morgan fingerprint density at radius 3 is 2.39 bits per heavy atom. The van der Waals surface area contributed by atoms with E-state index in [4.69, 9.17) is 0 Å². The molecule has 0 amide bonds. The molecule has 0 spiro atoms. The number of hydrogen-bond donors (Lipinski definition) is 1. The lowest BCUT2D eigenvalue weighted by Crippen LogP contribution is -2.36. The molecule has 2 aromatic carbocycles. The van der Waals surface area contributed by atoms with Gasteiger partial charge in [-0.2, -0.15) is 4.68 Å². The summed E-state index contributed by atoms with van der Waals surface area (Å²) < 4.78 is 6.19. The lowest BCUT2D eigenvalue weighted by Gasteiger charge is -2.28. The van der Waals surface area contributed by atoms with E-state index in [9.17, 15) is 4.79 Å². The van der Waals surface area contributed by atoms with E-state index in [0.29, 0.717) is 17.9 Å². The standard InChI is InChI=1S/C22H24BrN7O/c1-5-22(3,21-25-26-27-29(21)17-13-11-16(23)12-14-17)24-19-15(2)28(4)30(20(19)31)18-9-7-6-8-10-18/h6-14,24H,5H2,1-4H3. The van der Waals surface area contributed by atoms with Gasteiger partial charge in [0.2, 0.25) is 0 Å². The predicted molar refractivity (Wildman–Crippen MR) is 124 cm³/mol. The number of nitrogens with zero attached hydrogens (tertiary/aromatic N) is 6. The van der Waals surface area contributed by atoms with Gasteiger partial charge in [-0.05, 0) is 67.1 Å². The van der Waals surface area contributed by atoms with Crippen LogP contribution in [-0.4, -0.2) is 29.6 Å². The van der Waals surface area contributed by atoms with Gasteiger partial charge in [0.25, 0.3) is 5.56 Å². The normalized spacial score (nSPS) is 13.2. The number of aromatic nitrogens is 6. The highest BCUT2D eigenvalue weighted by atomic mass is 79.9. The van der Waals surface area contributed by atoms with E-state index in [1.54, 1.807) is 9.36 Å². The van der Waals surface area contributed by atoms with Crippen LogP contribution in [-0.2, 0) is 12.6 Å². The second-order valence-corrected chi connectivity index (χ2v) is 8.55. The molecule has 0 aliphatic rings. The van der Waals surface area contributed by atoms with E-state index in [1.807, 2.05) is 87.1 Å². The van der Waals surface area contributed by atoms with Crippen molar-refractivity contribution in [3.05, 3.63) is 80.9 Å². The maximum atomic E-state index is 13.4. The SMILES string of the molecule is CCC(C)(Nc1c(C)n(C)n(-c2ccccc2)c1=O)c1nnnn1-c1ccc(Br)cc1. The number of benzene rings is 2. The number of halogens is 1. The molecule has 160 valence electrons. The van der Waals surface area contributed by atoms with Gasteiger partial charge in [0.1, 0.15) is 5.69 Å². The largest absolute Gasteiger partial charge is 0.367 e. The minimum Gasteiger partial charge on any atom is -0.367 e. The number of anilines is 1. The molecule has 0 fully saturated rings. The molecule has 1 N–H and O–H groups in total. The Hall–Kier alpha value is -3.20. The summed E-state index contributed by atoms with van der Waals surface area (Å²) in [5.41, 5.74) is 2.22. The Bertz CT molecular complexity index is 1260. The first-order valence-electron chi connectivity index (χ1n) is 10.0. The van der Waals surface area contributed by atoms with Crippen LogP contribution in [0, 0.1) is 6.92 Å². The van der Waals surface area contributed by atoms with Gasteiger partial charge in [-0.25, -0.2) is 4.68 Å². The molecule has 0 saturated carbocycles. The lowest BCUT2D eigenvalue weighted by atomic mass is 9.97. The van der Waals surface area contributed by atoms with Crippen molar-refractivity contribution in [2.24, 2.45) is 7.05 Å². The van der Waals surface area contributed by atoms with Gasteiger partial charge in [0.15, 0.2) is 5.82 Å². The van der Waals surface area contributed by atoms with Crippen molar-refractivity contribution in [2.45, 2.75) is 32.7 Å². The highest BCUT2D eigenvalue weighted by Gasteiger charge is 2.34. The third-order valence-corrected chi connectivity index (χ3v) is 6.23. The van der Waals surface area contributed by atoms with Crippen molar-refractivity contribution in [2.75, 3.05) is 5.32 Å². The molecule has 2 aromatic heterocycles. The Kier molecular flexibility index (Phi) is 5.53. The fourth-order valence-electron chi connectivity index (χ4n) is 3.58. The zero-order valence-electron chi connectivity index (χ0n) is 17.9. The van der Waals surface area contributed by atoms with Crippen molar-refractivity contribution in [1.82, 2.24) is 29.6 Å². The number of hydrogen-bond acceptors (Lipinski definition) is 5. The zero-order valence-corrected chi connectivity index (χ0v) is 19.5.